The summed E-state index contributed by atoms with van der Waals surface area (Å²) >= 11 is 5.39. The van der Waals surface area contributed by atoms with Crippen LogP contribution in [-0.2, 0) is 12.3 Å². The predicted molar refractivity (Wildman–Crippen MR) is 50.9 cm³/mol. The van der Waals surface area contributed by atoms with Crippen molar-refractivity contribution in [2.45, 2.75) is 18.7 Å². The van der Waals surface area contributed by atoms with Gasteiger partial charge in [0.2, 0.25) is 0 Å². The van der Waals surface area contributed by atoms with Gasteiger partial charge in [-0.2, -0.15) is 5.26 Å². The fourth-order valence-corrected chi connectivity index (χ4v) is 1.45. The second-order valence-electron chi connectivity index (χ2n) is 2.83. The smallest absolute Gasteiger partial charge is 0.264 e. The predicted octanol–water partition coefficient (Wildman–Crippen LogP) is 2.12. The molecule has 0 aliphatic heterocycles. The van der Waals surface area contributed by atoms with Crippen LogP contribution in [0.15, 0.2) is 10.9 Å². The summed E-state index contributed by atoms with van der Waals surface area (Å²) in [4.78, 5) is 13.6. The van der Waals surface area contributed by atoms with Crippen molar-refractivity contribution < 1.29 is 8.78 Å². The molecular formula is C9H7ClF2N2O. The summed E-state index contributed by atoms with van der Waals surface area (Å²) in [5.74, 6) is -0.276. The zero-order valence-electron chi connectivity index (χ0n) is 7.56. The van der Waals surface area contributed by atoms with E-state index in [2.05, 4.69) is 4.98 Å². The molecule has 6 heteroatoms. The quantitative estimate of drug-likeness (QED) is 0.812. The summed E-state index contributed by atoms with van der Waals surface area (Å²) in [6.07, 6.45) is -2.88. The second-order valence-corrected chi connectivity index (χ2v) is 3.09. The molecule has 0 radical (unpaired) electrons. The van der Waals surface area contributed by atoms with Crippen molar-refractivity contribution in [1.29, 1.82) is 5.26 Å². The maximum absolute atomic E-state index is 12.5. The highest BCUT2D eigenvalue weighted by molar-refractivity contribution is 6.17. The van der Waals surface area contributed by atoms with Crippen LogP contribution in [0.5, 0.6) is 0 Å². The van der Waals surface area contributed by atoms with Gasteiger partial charge in [0.1, 0.15) is 0 Å². The van der Waals surface area contributed by atoms with Crippen LogP contribution in [0.2, 0.25) is 0 Å². The molecule has 0 unspecified atom stereocenters. The molecule has 0 aliphatic carbocycles. The molecule has 1 aromatic rings. The van der Waals surface area contributed by atoms with Crippen molar-refractivity contribution >= 4 is 11.6 Å². The Morgan fingerprint density at radius 1 is 1.60 bits per heavy atom. The van der Waals surface area contributed by atoms with E-state index < -0.39 is 17.5 Å². The molecule has 0 fully saturated rings. The van der Waals surface area contributed by atoms with Gasteiger partial charge in [-0.05, 0) is 6.07 Å². The van der Waals surface area contributed by atoms with E-state index in [1.54, 1.807) is 6.07 Å². The maximum Gasteiger partial charge on any atom is 0.264 e. The lowest BCUT2D eigenvalue weighted by Crippen LogP contribution is -2.17. The molecule has 1 N–H and O–H groups in total. The van der Waals surface area contributed by atoms with Gasteiger partial charge in [-0.15, -0.1) is 11.6 Å². The van der Waals surface area contributed by atoms with E-state index in [4.69, 9.17) is 16.9 Å². The molecule has 0 saturated heterocycles. The monoisotopic (exact) mass is 232 g/mol. The summed E-state index contributed by atoms with van der Waals surface area (Å²) in [5.41, 5.74) is -1.04. The Balaban J connectivity index is 3.33. The normalized spacial score (nSPS) is 10.3. The van der Waals surface area contributed by atoms with E-state index in [1.807, 2.05) is 0 Å². The van der Waals surface area contributed by atoms with Gasteiger partial charge in [0.05, 0.1) is 18.4 Å². The van der Waals surface area contributed by atoms with Crippen LogP contribution < -0.4 is 5.56 Å². The van der Waals surface area contributed by atoms with Crippen LogP contribution in [0.3, 0.4) is 0 Å². The molecule has 15 heavy (non-hydrogen) atoms. The van der Waals surface area contributed by atoms with Crippen molar-refractivity contribution in [3.05, 3.63) is 33.2 Å². The minimum atomic E-state index is -2.77. The van der Waals surface area contributed by atoms with Crippen molar-refractivity contribution in [2.75, 3.05) is 0 Å². The number of nitrogens with one attached hydrogen (secondary N) is 1. The SMILES string of the molecule is N#CCc1cc(C(F)F)c(CCl)c(=O)[nH]1. The summed E-state index contributed by atoms with van der Waals surface area (Å²) in [6, 6.07) is 2.87. The Morgan fingerprint density at radius 3 is 2.73 bits per heavy atom. The number of aromatic amines is 1. The van der Waals surface area contributed by atoms with Crippen LogP contribution in [0.25, 0.3) is 0 Å². The Hall–Kier alpha value is -1.41. The van der Waals surface area contributed by atoms with Crippen molar-refractivity contribution in [1.82, 2.24) is 4.98 Å². The summed E-state index contributed by atoms with van der Waals surface area (Å²) < 4.78 is 25.0. The van der Waals surface area contributed by atoms with E-state index in [-0.39, 0.29) is 23.6 Å². The number of aromatic nitrogens is 1. The number of hydrogen-bond donors (Lipinski definition) is 1. The molecule has 1 heterocycles. The molecule has 1 aromatic heterocycles. The molecule has 0 atom stereocenters. The highest BCUT2D eigenvalue weighted by atomic mass is 35.5. The first kappa shape index (κ1) is 11.7. The number of pyridine rings is 1. The minimum absolute atomic E-state index is 0.114. The highest BCUT2D eigenvalue weighted by Crippen LogP contribution is 2.22. The number of hydrogen-bond acceptors (Lipinski definition) is 2. The van der Waals surface area contributed by atoms with Crippen molar-refractivity contribution in [3.8, 4) is 6.07 Å². The van der Waals surface area contributed by atoms with Crippen LogP contribution in [-0.4, -0.2) is 4.98 Å². The number of alkyl halides is 3. The first-order chi connectivity index (χ1) is 7.10. The number of H-pyrrole nitrogens is 1. The Morgan fingerprint density at radius 2 is 2.27 bits per heavy atom. The number of rotatable bonds is 3. The summed E-state index contributed by atoms with van der Waals surface area (Å²) in [7, 11) is 0. The molecule has 3 nitrogen and oxygen atoms in total. The van der Waals surface area contributed by atoms with Gasteiger partial charge in [0.25, 0.3) is 12.0 Å². The Bertz CT molecular complexity index is 450. The first-order valence-electron chi connectivity index (χ1n) is 4.06. The lowest BCUT2D eigenvalue weighted by Gasteiger charge is -2.06. The summed E-state index contributed by atoms with van der Waals surface area (Å²) in [6.45, 7) is 0. The third-order valence-corrected chi connectivity index (χ3v) is 2.13. The topological polar surface area (TPSA) is 56.6 Å². The zero-order chi connectivity index (χ0) is 11.4. The number of nitrogens with zero attached hydrogens (tertiary/aromatic N) is 1. The molecule has 0 aliphatic rings. The molecule has 0 bridgehead atoms. The average molecular weight is 233 g/mol. The molecule has 0 saturated carbocycles. The third-order valence-electron chi connectivity index (χ3n) is 1.86. The van der Waals surface area contributed by atoms with Gasteiger partial charge in [-0.1, -0.05) is 0 Å². The molecule has 0 amide bonds. The van der Waals surface area contributed by atoms with E-state index in [0.717, 1.165) is 6.07 Å². The van der Waals surface area contributed by atoms with Crippen molar-refractivity contribution in [2.24, 2.45) is 0 Å². The molecule has 0 aromatic carbocycles. The van der Waals surface area contributed by atoms with Crippen LogP contribution in [0, 0.1) is 11.3 Å². The van der Waals surface area contributed by atoms with Gasteiger partial charge in [0, 0.05) is 16.8 Å². The fourth-order valence-electron chi connectivity index (χ4n) is 1.18. The van der Waals surface area contributed by atoms with E-state index >= 15 is 0 Å². The Kier molecular flexibility index (Phi) is 3.81. The van der Waals surface area contributed by atoms with Gasteiger partial charge >= 0.3 is 0 Å². The number of nitriles is 1. The third kappa shape index (κ3) is 2.54. The lowest BCUT2D eigenvalue weighted by molar-refractivity contribution is 0.150. The molecule has 1 rings (SSSR count). The second kappa shape index (κ2) is 4.89. The van der Waals surface area contributed by atoms with Gasteiger partial charge in [-0.25, -0.2) is 8.78 Å². The number of halogens is 3. The van der Waals surface area contributed by atoms with E-state index in [0.29, 0.717) is 0 Å². The zero-order valence-corrected chi connectivity index (χ0v) is 8.31. The van der Waals surface area contributed by atoms with Crippen LogP contribution in [0.4, 0.5) is 8.78 Å². The van der Waals surface area contributed by atoms with Gasteiger partial charge in [0.15, 0.2) is 0 Å². The van der Waals surface area contributed by atoms with Crippen LogP contribution in [0.1, 0.15) is 23.2 Å². The van der Waals surface area contributed by atoms with Crippen LogP contribution >= 0.6 is 11.6 Å². The summed E-state index contributed by atoms with van der Waals surface area (Å²) in [5, 5.41) is 8.38. The molecule has 0 spiro atoms. The standard InChI is InChI=1S/C9H7ClF2N2O/c10-4-7-6(8(11)12)3-5(1-2-13)14-9(7)15/h3,8H,1,4H2,(H,14,15). The minimum Gasteiger partial charge on any atom is -0.325 e. The van der Waals surface area contributed by atoms with E-state index in [9.17, 15) is 13.6 Å². The average Bonchev–Trinajstić information content (AvgIpc) is 2.17. The fraction of sp³-hybridized carbons (Fsp3) is 0.333. The largest absolute Gasteiger partial charge is 0.325 e. The first-order valence-corrected chi connectivity index (χ1v) is 4.59. The van der Waals surface area contributed by atoms with Crippen molar-refractivity contribution in [3.63, 3.8) is 0 Å². The maximum atomic E-state index is 12.5. The Labute approximate surface area is 89.3 Å². The lowest BCUT2D eigenvalue weighted by atomic mass is 10.1. The molecule has 80 valence electrons. The molecular weight excluding hydrogens is 226 g/mol. The van der Waals surface area contributed by atoms with E-state index in [1.165, 1.54) is 0 Å². The highest BCUT2D eigenvalue weighted by Gasteiger charge is 2.16. The van der Waals surface area contributed by atoms with Gasteiger partial charge < -0.3 is 4.98 Å². The van der Waals surface area contributed by atoms with Gasteiger partial charge in [-0.3, -0.25) is 4.79 Å².